The summed E-state index contributed by atoms with van der Waals surface area (Å²) in [5.74, 6) is -0.272. The van der Waals surface area contributed by atoms with Crippen molar-refractivity contribution < 1.29 is 9.59 Å². The Labute approximate surface area is 162 Å². The number of carbonyl (C=O) groups is 2. The van der Waals surface area contributed by atoms with Gasteiger partial charge in [0, 0.05) is 26.1 Å². The fraction of sp³-hybridized carbons (Fsp3) is 0.238. The summed E-state index contributed by atoms with van der Waals surface area (Å²) >= 11 is 0. The number of fused-ring (bicyclic) bond motifs is 1. The maximum absolute atomic E-state index is 12.4. The maximum atomic E-state index is 12.4. The summed E-state index contributed by atoms with van der Waals surface area (Å²) in [4.78, 5) is 40.4. The zero-order chi connectivity index (χ0) is 19.8. The van der Waals surface area contributed by atoms with Crippen molar-refractivity contribution in [1.82, 2.24) is 20.2 Å². The summed E-state index contributed by atoms with van der Waals surface area (Å²) in [7, 11) is 0. The van der Waals surface area contributed by atoms with Crippen LogP contribution in [0.4, 0.5) is 0 Å². The van der Waals surface area contributed by atoms with Gasteiger partial charge in [0.25, 0.3) is 5.56 Å². The molecule has 2 N–H and O–H groups in total. The molecule has 0 fully saturated rings. The Morgan fingerprint density at radius 2 is 1.57 bits per heavy atom. The van der Waals surface area contributed by atoms with Crippen LogP contribution in [-0.2, 0) is 22.6 Å². The van der Waals surface area contributed by atoms with Crippen molar-refractivity contribution in [3.63, 3.8) is 0 Å². The van der Waals surface area contributed by atoms with Crippen molar-refractivity contribution in [2.45, 2.75) is 19.4 Å². The van der Waals surface area contributed by atoms with Gasteiger partial charge in [-0.05, 0) is 17.7 Å². The minimum atomic E-state index is -0.183. The number of hydrogen-bond donors (Lipinski definition) is 2. The number of rotatable bonds is 8. The summed E-state index contributed by atoms with van der Waals surface area (Å²) in [6.45, 7) is 0.946. The van der Waals surface area contributed by atoms with Gasteiger partial charge < -0.3 is 10.6 Å². The number of amides is 2. The molecule has 3 rings (SSSR count). The molecule has 0 saturated heterocycles. The summed E-state index contributed by atoms with van der Waals surface area (Å²) in [5.41, 5.74) is 1.42. The molecule has 0 aliphatic rings. The van der Waals surface area contributed by atoms with E-state index in [9.17, 15) is 14.4 Å². The fourth-order valence-corrected chi connectivity index (χ4v) is 2.82. The molecule has 28 heavy (non-hydrogen) atoms. The smallest absolute Gasteiger partial charge is 0.261 e. The van der Waals surface area contributed by atoms with Crippen LogP contribution in [0.25, 0.3) is 10.9 Å². The average molecular weight is 378 g/mol. The number of para-hydroxylation sites is 1. The standard InChI is InChI=1S/C21H22N4O3/c26-19(22-11-12-23-20(27)14-16-6-2-1-3-7-16)10-13-25-15-24-18-9-5-4-8-17(18)21(25)28/h1-9,15H,10-14H2,(H,22,26)(H,23,27). The molecule has 0 saturated carbocycles. The molecule has 0 spiro atoms. The molecule has 1 heterocycles. The molecule has 2 aromatic carbocycles. The number of aryl methyl sites for hydroxylation is 1. The number of carbonyl (C=O) groups excluding carboxylic acids is 2. The zero-order valence-electron chi connectivity index (χ0n) is 15.4. The first-order valence-corrected chi connectivity index (χ1v) is 9.15. The normalized spacial score (nSPS) is 10.6. The topological polar surface area (TPSA) is 93.1 Å². The van der Waals surface area contributed by atoms with Gasteiger partial charge >= 0.3 is 0 Å². The van der Waals surface area contributed by atoms with Gasteiger partial charge in [0.15, 0.2) is 0 Å². The van der Waals surface area contributed by atoms with Gasteiger partial charge in [-0.3, -0.25) is 19.0 Å². The van der Waals surface area contributed by atoms with E-state index in [1.54, 1.807) is 18.2 Å². The minimum Gasteiger partial charge on any atom is -0.354 e. The number of aromatic nitrogens is 2. The Balaban J connectivity index is 1.39. The first-order chi connectivity index (χ1) is 13.6. The fourth-order valence-electron chi connectivity index (χ4n) is 2.82. The summed E-state index contributed by atoms with van der Waals surface area (Å²) < 4.78 is 1.43. The van der Waals surface area contributed by atoms with E-state index >= 15 is 0 Å². The van der Waals surface area contributed by atoms with E-state index in [1.807, 2.05) is 36.4 Å². The molecule has 0 aliphatic heterocycles. The first-order valence-electron chi connectivity index (χ1n) is 9.15. The molecule has 3 aromatic rings. The van der Waals surface area contributed by atoms with Crippen LogP contribution in [0.15, 0.2) is 65.7 Å². The highest BCUT2D eigenvalue weighted by Crippen LogP contribution is 2.04. The van der Waals surface area contributed by atoms with E-state index in [4.69, 9.17) is 0 Å². The van der Waals surface area contributed by atoms with Crippen molar-refractivity contribution in [1.29, 1.82) is 0 Å². The van der Waals surface area contributed by atoms with E-state index < -0.39 is 0 Å². The number of nitrogens with one attached hydrogen (secondary N) is 2. The Kier molecular flexibility index (Phi) is 6.51. The van der Waals surface area contributed by atoms with E-state index in [-0.39, 0.29) is 30.3 Å². The quantitative estimate of drug-likeness (QED) is 0.577. The number of nitrogens with zero attached hydrogens (tertiary/aromatic N) is 2. The van der Waals surface area contributed by atoms with Crippen molar-refractivity contribution in [3.8, 4) is 0 Å². The Morgan fingerprint density at radius 1 is 0.893 bits per heavy atom. The van der Waals surface area contributed by atoms with Crippen LogP contribution in [0, 0.1) is 0 Å². The van der Waals surface area contributed by atoms with Crippen molar-refractivity contribution in [3.05, 3.63) is 76.8 Å². The van der Waals surface area contributed by atoms with Gasteiger partial charge in [0.1, 0.15) is 0 Å². The third-order valence-electron chi connectivity index (χ3n) is 4.29. The lowest BCUT2D eigenvalue weighted by Gasteiger charge is -2.09. The molecule has 7 nitrogen and oxygen atoms in total. The Bertz CT molecular complexity index is 1010. The summed E-state index contributed by atoms with van der Waals surface area (Å²) in [5, 5.41) is 6.04. The Morgan fingerprint density at radius 3 is 2.36 bits per heavy atom. The summed E-state index contributed by atoms with van der Waals surface area (Å²) in [6, 6.07) is 16.6. The van der Waals surface area contributed by atoms with Crippen LogP contribution in [0.2, 0.25) is 0 Å². The third kappa shape index (κ3) is 5.26. The SMILES string of the molecule is O=C(CCn1cnc2ccccc2c1=O)NCCNC(=O)Cc1ccccc1. The lowest BCUT2D eigenvalue weighted by molar-refractivity contribution is -0.122. The van der Waals surface area contributed by atoms with Crippen LogP contribution in [0.1, 0.15) is 12.0 Å². The molecular weight excluding hydrogens is 356 g/mol. The van der Waals surface area contributed by atoms with Crippen LogP contribution < -0.4 is 16.2 Å². The van der Waals surface area contributed by atoms with E-state index in [2.05, 4.69) is 15.6 Å². The minimum absolute atomic E-state index is 0.0887. The third-order valence-corrected chi connectivity index (χ3v) is 4.29. The lowest BCUT2D eigenvalue weighted by atomic mass is 10.1. The predicted octanol–water partition coefficient (Wildman–Crippen LogP) is 1.26. The highest BCUT2D eigenvalue weighted by Gasteiger charge is 2.07. The molecule has 0 bridgehead atoms. The molecule has 0 unspecified atom stereocenters. The molecule has 2 amide bonds. The molecule has 7 heteroatoms. The number of hydrogen-bond acceptors (Lipinski definition) is 4. The molecule has 0 aliphatic carbocycles. The van der Waals surface area contributed by atoms with E-state index in [0.29, 0.717) is 30.4 Å². The highest BCUT2D eigenvalue weighted by molar-refractivity contribution is 5.79. The predicted molar refractivity (Wildman–Crippen MR) is 107 cm³/mol. The first kappa shape index (κ1) is 19.3. The second-order valence-electron chi connectivity index (χ2n) is 6.37. The van der Waals surface area contributed by atoms with Gasteiger partial charge in [-0.15, -0.1) is 0 Å². The highest BCUT2D eigenvalue weighted by atomic mass is 16.2. The van der Waals surface area contributed by atoms with Crippen molar-refractivity contribution in [2.75, 3.05) is 13.1 Å². The lowest BCUT2D eigenvalue weighted by Crippen LogP contribution is -2.36. The molecule has 144 valence electrons. The molecule has 0 atom stereocenters. The zero-order valence-corrected chi connectivity index (χ0v) is 15.4. The number of benzene rings is 2. The van der Waals surface area contributed by atoms with Gasteiger partial charge in [-0.1, -0.05) is 42.5 Å². The van der Waals surface area contributed by atoms with Crippen molar-refractivity contribution in [2.24, 2.45) is 0 Å². The monoisotopic (exact) mass is 378 g/mol. The molecular formula is C21H22N4O3. The van der Waals surface area contributed by atoms with Gasteiger partial charge in [0.2, 0.25) is 11.8 Å². The van der Waals surface area contributed by atoms with Crippen LogP contribution in [0.3, 0.4) is 0 Å². The van der Waals surface area contributed by atoms with Gasteiger partial charge in [-0.2, -0.15) is 0 Å². The average Bonchev–Trinajstić information content (AvgIpc) is 2.72. The maximum Gasteiger partial charge on any atom is 0.261 e. The Hall–Kier alpha value is -3.48. The molecule has 1 aromatic heterocycles. The largest absolute Gasteiger partial charge is 0.354 e. The van der Waals surface area contributed by atoms with E-state index in [1.165, 1.54) is 10.9 Å². The van der Waals surface area contributed by atoms with Crippen LogP contribution in [-0.4, -0.2) is 34.5 Å². The van der Waals surface area contributed by atoms with Crippen LogP contribution >= 0.6 is 0 Å². The van der Waals surface area contributed by atoms with Crippen molar-refractivity contribution >= 4 is 22.7 Å². The van der Waals surface area contributed by atoms with Gasteiger partial charge in [0.05, 0.1) is 23.7 Å². The molecule has 0 radical (unpaired) electrons. The van der Waals surface area contributed by atoms with Gasteiger partial charge in [-0.25, -0.2) is 4.98 Å². The van der Waals surface area contributed by atoms with E-state index in [0.717, 1.165) is 5.56 Å². The van der Waals surface area contributed by atoms with Crippen LogP contribution in [0.5, 0.6) is 0 Å². The second kappa shape index (κ2) is 9.45. The second-order valence-corrected chi connectivity index (χ2v) is 6.37. The summed E-state index contributed by atoms with van der Waals surface area (Å²) in [6.07, 6.45) is 1.94.